The Balaban J connectivity index is 2.26. The first-order valence-corrected chi connectivity index (χ1v) is 6.23. The van der Waals surface area contributed by atoms with E-state index in [1.807, 2.05) is 33.0 Å². The molecule has 3 nitrogen and oxygen atoms in total. The van der Waals surface area contributed by atoms with Crippen LogP contribution in [0.25, 0.3) is 0 Å². The highest BCUT2D eigenvalue weighted by Crippen LogP contribution is 2.24. The number of hydrogen-bond donors (Lipinski definition) is 1. The summed E-state index contributed by atoms with van der Waals surface area (Å²) in [5.74, 6) is 0. The minimum Gasteiger partial charge on any atom is -0.386 e. The van der Waals surface area contributed by atoms with Crippen molar-refractivity contribution in [1.82, 2.24) is 9.78 Å². The number of aliphatic hydroxyl groups excluding tert-OH is 1. The zero-order chi connectivity index (χ0) is 13.3. The number of aromatic nitrogens is 2. The molecule has 1 unspecified atom stereocenters. The number of rotatable bonds is 3. The molecule has 0 saturated carbocycles. The highest BCUT2D eigenvalue weighted by molar-refractivity contribution is 5.38. The molecule has 1 atom stereocenters. The fourth-order valence-corrected chi connectivity index (χ4v) is 2.55. The van der Waals surface area contributed by atoms with Crippen molar-refractivity contribution in [2.24, 2.45) is 0 Å². The van der Waals surface area contributed by atoms with Gasteiger partial charge in [-0.2, -0.15) is 5.10 Å². The quantitative estimate of drug-likeness (QED) is 0.901. The second kappa shape index (κ2) is 4.94. The minimum atomic E-state index is -0.509. The van der Waals surface area contributed by atoms with Crippen molar-refractivity contribution in [3.8, 4) is 0 Å². The molecule has 0 aliphatic heterocycles. The molecule has 96 valence electrons. The van der Waals surface area contributed by atoms with Gasteiger partial charge in [-0.25, -0.2) is 0 Å². The molecule has 2 aromatic rings. The average molecular weight is 244 g/mol. The third kappa shape index (κ3) is 2.62. The standard InChI is InChI=1S/C15H20N2O/c1-10-7-11(2)15(12(3)8-10)14(18)9-17-6-5-13(4)16-17/h5-8,14,18H,9H2,1-4H3. The molecule has 1 aromatic heterocycles. The summed E-state index contributed by atoms with van der Waals surface area (Å²) in [5.41, 5.74) is 5.51. The van der Waals surface area contributed by atoms with Gasteiger partial charge in [0, 0.05) is 6.20 Å². The van der Waals surface area contributed by atoms with Crippen molar-refractivity contribution in [2.75, 3.05) is 0 Å². The van der Waals surface area contributed by atoms with E-state index < -0.39 is 6.10 Å². The van der Waals surface area contributed by atoms with E-state index in [1.165, 1.54) is 5.56 Å². The van der Waals surface area contributed by atoms with Gasteiger partial charge in [0.2, 0.25) is 0 Å². The van der Waals surface area contributed by atoms with Gasteiger partial charge in [-0.1, -0.05) is 17.7 Å². The van der Waals surface area contributed by atoms with E-state index in [2.05, 4.69) is 24.2 Å². The molecular formula is C15H20N2O. The Bertz CT molecular complexity index is 534. The molecule has 2 rings (SSSR count). The van der Waals surface area contributed by atoms with Gasteiger partial charge in [0.25, 0.3) is 0 Å². The molecule has 0 aliphatic rings. The number of nitrogens with zero attached hydrogens (tertiary/aromatic N) is 2. The zero-order valence-electron chi connectivity index (χ0n) is 11.4. The molecule has 18 heavy (non-hydrogen) atoms. The lowest BCUT2D eigenvalue weighted by atomic mass is 9.95. The predicted molar refractivity (Wildman–Crippen MR) is 72.6 cm³/mol. The highest BCUT2D eigenvalue weighted by atomic mass is 16.3. The maximum Gasteiger partial charge on any atom is 0.0990 e. The smallest absolute Gasteiger partial charge is 0.0990 e. The fraction of sp³-hybridized carbons (Fsp3) is 0.400. The first-order chi connectivity index (χ1) is 8.47. The number of aryl methyl sites for hydroxylation is 4. The summed E-state index contributed by atoms with van der Waals surface area (Å²) in [6.07, 6.45) is 1.39. The fourth-order valence-electron chi connectivity index (χ4n) is 2.55. The molecular weight excluding hydrogens is 224 g/mol. The SMILES string of the molecule is Cc1cc(C)c(C(O)Cn2ccc(C)n2)c(C)c1. The third-order valence-electron chi connectivity index (χ3n) is 3.21. The first-order valence-electron chi connectivity index (χ1n) is 6.23. The van der Waals surface area contributed by atoms with Crippen molar-refractivity contribution >= 4 is 0 Å². The van der Waals surface area contributed by atoms with Crippen molar-refractivity contribution in [3.05, 3.63) is 52.3 Å². The van der Waals surface area contributed by atoms with E-state index in [0.717, 1.165) is 22.4 Å². The van der Waals surface area contributed by atoms with E-state index in [0.29, 0.717) is 6.54 Å². The van der Waals surface area contributed by atoms with Crippen LogP contribution in [0.2, 0.25) is 0 Å². The topological polar surface area (TPSA) is 38.0 Å². The normalized spacial score (nSPS) is 12.7. The second-order valence-corrected chi connectivity index (χ2v) is 5.01. The predicted octanol–water partition coefficient (Wildman–Crippen LogP) is 2.85. The van der Waals surface area contributed by atoms with Gasteiger partial charge in [-0.15, -0.1) is 0 Å². The van der Waals surface area contributed by atoms with Gasteiger partial charge in [-0.3, -0.25) is 4.68 Å². The number of hydrogen-bond acceptors (Lipinski definition) is 2. The minimum absolute atomic E-state index is 0.499. The van der Waals surface area contributed by atoms with E-state index in [9.17, 15) is 5.11 Å². The number of benzene rings is 1. The molecule has 1 N–H and O–H groups in total. The Hall–Kier alpha value is -1.61. The van der Waals surface area contributed by atoms with Crippen molar-refractivity contribution in [2.45, 2.75) is 40.3 Å². The van der Waals surface area contributed by atoms with Crippen LogP contribution in [0, 0.1) is 27.7 Å². The summed E-state index contributed by atoms with van der Waals surface area (Å²) in [6, 6.07) is 6.17. The van der Waals surface area contributed by atoms with Gasteiger partial charge in [0.1, 0.15) is 0 Å². The molecule has 0 amide bonds. The Labute approximate surface area is 108 Å². The van der Waals surface area contributed by atoms with Gasteiger partial charge >= 0.3 is 0 Å². The van der Waals surface area contributed by atoms with E-state index in [1.54, 1.807) is 4.68 Å². The van der Waals surface area contributed by atoms with Gasteiger partial charge < -0.3 is 5.11 Å². The van der Waals surface area contributed by atoms with E-state index in [4.69, 9.17) is 0 Å². The van der Waals surface area contributed by atoms with E-state index >= 15 is 0 Å². The summed E-state index contributed by atoms with van der Waals surface area (Å²) < 4.78 is 1.79. The van der Waals surface area contributed by atoms with Crippen molar-refractivity contribution in [1.29, 1.82) is 0 Å². The Morgan fingerprint density at radius 3 is 2.28 bits per heavy atom. The van der Waals surface area contributed by atoms with Gasteiger partial charge in [-0.05, 0) is 50.5 Å². The maximum atomic E-state index is 10.4. The molecule has 0 bridgehead atoms. The van der Waals surface area contributed by atoms with Crippen LogP contribution in [0.1, 0.15) is 34.1 Å². The summed E-state index contributed by atoms with van der Waals surface area (Å²) in [7, 11) is 0. The van der Waals surface area contributed by atoms with Crippen LogP contribution >= 0.6 is 0 Å². The lowest BCUT2D eigenvalue weighted by molar-refractivity contribution is 0.150. The molecule has 0 saturated heterocycles. The van der Waals surface area contributed by atoms with Crippen LogP contribution in [0.15, 0.2) is 24.4 Å². The Morgan fingerprint density at radius 2 is 1.78 bits per heavy atom. The molecule has 0 aliphatic carbocycles. The summed E-state index contributed by atoms with van der Waals surface area (Å²) >= 11 is 0. The van der Waals surface area contributed by atoms with Crippen LogP contribution in [-0.2, 0) is 6.54 Å². The lowest BCUT2D eigenvalue weighted by Crippen LogP contribution is -2.12. The Kier molecular flexibility index (Phi) is 3.53. The number of aliphatic hydroxyl groups is 1. The molecule has 0 spiro atoms. The second-order valence-electron chi connectivity index (χ2n) is 5.01. The lowest BCUT2D eigenvalue weighted by Gasteiger charge is -2.17. The monoisotopic (exact) mass is 244 g/mol. The van der Waals surface area contributed by atoms with E-state index in [-0.39, 0.29) is 0 Å². The molecule has 0 radical (unpaired) electrons. The molecule has 0 fully saturated rings. The molecule has 1 heterocycles. The molecule has 1 aromatic carbocycles. The summed E-state index contributed by atoms with van der Waals surface area (Å²) in [4.78, 5) is 0. The largest absolute Gasteiger partial charge is 0.386 e. The van der Waals surface area contributed by atoms with Crippen LogP contribution in [0.4, 0.5) is 0 Å². The van der Waals surface area contributed by atoms with Crippen LogP contribution < -0.4 is 0 Å². The molecule has 3 heteroatoms. The van der Waals surface area contributed by atoms with Crippen LogP contribution in [0.5, 0.6) is 0 Å². The average Bonchev–Trinajstić information content (AvgIpc) is 2.62. The van der Waals surface area contributed by atoms with Crippen molar-refractivity contribution in [3.63, 3.8) is 0 Å². The summed E-state index contributed by atoms with van der Waals surface area (Å²) in [6.45, 7) is 8.62. The van der Waals surface area contributed by atoms with Crippen LogP contribution in [0.3, 0.4) is 0 Å². The zero-order valence-corrected chi connectivity index (χ0v) is 11.4. The van der Waals surface area contributed by atoms with Crippen LogP contribution in [-0.4, -0.2) is 14.9 Å². The highest BCUT2D eigenvalue weighted by Gasteiger charge is 2.14. The third-order valence-corrected chi connectivity index (χ3v) is 3.21. The summed E-state index contributed by atoms with van der Waals surface area (Å²) in [5, 5.41) is 14.7. The maximum absolute atomic E-state index is 10.4. The van der Waals surface area contributed by atoms with Crippen molar-refractivity contribution < 1.29 is 5.11 Å². The first kappa shape index (κ1) is 12.8. The van der Waals surface area contributed by atoms with Gasteiger partial charge in [0.15, 0.2) is 0 Å². The van der Waals surface area contributed by atoms with Gasteiger partial charge in [0.05, 0.1) is 18.3 Å². The Morgan fingerprint density at radius 1 is 1.17 bits per heavy atom.